The molecule has 1 N–H and O–H groups in total. The van der Waals surface area contributed by atoms with Crippen LogP contribution in [0, 0.1) is 5.82 Å². The number of ketones is 1. The maximum Gasteiger partial charge on any atom is 0.165 e. The van der Waals surface area contributed by atoms with Gasteiger partial charge in [-0.25, -0.2) is 4.39 Å². The van der Waals surface area contributed by atoms with Gasteiger partial charge in [-0.2, -0.15) is 0 Å². The first-order valence-corrected chi connectivity index (χ1v) is 5.72. The van der Waals surface area contributed by atoms with E-state index in [0.717, 1.165) is 6.54 Å². The molecule has 0 bridgehead atoms. The van der Waals surface area contributed by atoms with Gasteiger partial charge in [0.15, 0.2) is 11.6 Å². The van der Waals surface area contributed by atoms with Gasteiger partial charge in [-0.15, -0.1) is 0 Å². The minimum absolute atomic E-state index is 0.107. The third-order valence-corrected chi connectivity index (χ3v) is 2.45. The Kier molecular flexibility index (Phi) is 5.63. The zero-order valence-electron chi connectivity index (χ0n) is 10.3. The summed E-state index contributed by atoms with van der Waals surface area (Å²) in [5.41, 5.74) is 0.685. The molecule has 0 amide bonds. The van der Waals surface area contributed by atoms with Gasteiger partial charge in [0.1, 0.15) is 5.78 Å². The zero-order valence-corrected chi connectivity index (χ0v) is 10.3. The Labute approximate surface area is 101 Å². The highest BCUT2D eigenvalue weighted by atomic mass is 19.1. The van der Waals surface area contributed by atoms with E-state index in [1.54, 1.807) is 12.1 Å². The second-order valence-electron chi connectivity index (χ2n) is 3.79. The number of rotatable bonds is 7. The van der Waals surface area contributed by atoms with Crippen LogP contribution in [0.3, 0.4) is 0 Å². The molecule has 17 heavy (non-hydrogen) atoms. The van der Waals surface area contributed by atoms with Gasteiger partial charge in [-0.3, -0.25) is 4.79 Å². The number of carbonyl (C=O) groups is 1. The average molecular weight is 239 g/mol. The van der Waals surface area contributed by atoms with Crippen molar-refractivity contribution < 1.29 is 13.9 Å². The van der Waals surface area contributed by atoms with Gasteiger partial charge in [-0.1, -0.05) is 13.0 Å². The Bertz CT molecular complexity index is 380. The van der Waals surface area contributed by atoms with Gasteiger partial charge in [0.2, 0.25) is 0 Å². The molecular weight excluding hydrogens is 221 g/mol. The summed E-state index contributed by atoms with van der Waals surface area (Å²) in [6, 6.07) is 4.61. The van der Waals surface area contributed by atoms with Crippen LogP contribution in [0.1, 0.15) is 18.9 Å². The molecule has 1 aromatic rings. The Balaban J connectivity index is 2.51. The molecule has 4 heteroatoms. The minimum Gasteiger partial charge on any atom is -0.494 e. The second-order valence-corrected chi connectivity index (χ2v) is 3.79. The van der Waals surface area contributed by atoms with Gasteiger partial charge in [0.05, 0.1) is 7.11 Å². The normalized spacial score (nSPS) is 10.3. The molecule has 0 saturated carbocycles. The predicted molar refractivity (Wildman–Crippen MR) is 64.8 cm³/mol. The van der Waals surface area contributed by atoms with E-state index in [0.29, 0.717) is 18.5 Å². The Hall–Kier alpha value is -1.42. The summed E-state index contributed by atoms with van der Waals surface area (Å²) in [6.45, 7) is 3.52. The molecular formula is C13H18FNO2. The number of carbonyl (C=O) groups excluding carboxylic acids is 1. The number of nitrogens with one attached hydrogen (secondary N) is 1. The molecule has 0 aliphatic carbocycles. The van der Waals surface area contributed by atoms with Crippen molar-refractivity contribution in [2.75, 3.05) is 20.2 Å². The molecule has 0 heterocycles. The molecule has 0 spiro atoms. The van der Waals surface area contributed by atoms with Crippen molar-refractivity contribution in [3.63, 3.8) is 0 Å². The number of ether oxygens (including phenoxy) is 1. The molecule has 0 fully saturated rings. The first-order chi connectivity index (χ1) is 8.17. The first-order valence-electron chi connectivity index (χ1n) is 5.72. The maximum atomic E-state index is 13.4. The van der Waals surface area contributed by atoms with E-state index in [-0.39, 0.29) is 18.0 Å². The Morgan fingerprint density at radius 1 is 1.47 bits per heavy atom. The van der Waals surface area contributed by atoms with Crippen LogP contribution in [0.15, 0.2) is 18.2 Å². The van der Waals surface area contributed by atoms with Crippen LogP contribution >= 0.6 is 0 Å². The summed E-state index contributed by atoms with van der Waals surface area (Å²) in [5, 5.41) is 3.08. The second kappa shape index (κ2) is 7.01. The topological polar surface area (TPSA) is 38.3 Å². The largest absolute Gasteiger partial charge is 0.494 e. The Morgan fingerprint density at radius 3 is 2.82 bits per heavy atom. The van der Waals surface area contributed by atoms with E-state index in [1.807, 2.05) is 6.92 Å². The summed E-state index contributed by atoms with van der Waals surface area (Å²) in [5.74, 6) is -0.117. The SMILES string of the molecule is CCNCCC(=O)Cc1ccc(OC)c(F)c1. The summed E-state index contributed by atoms with van der Waals surface area (Å²) in [7, 11) is 1.42. The van der Waals surface area contributed by atoms with E-state index < -0.39 is 5.82 Å². The fourth-order valence-electron chi connectivity index (χ4n) is 1.54. The van der Waals surface area contributed by atoms with Crippen LogP contribution in [-0.4, -0.2) is 26.0 Å². The van der Waals surface area contributed by atoms with Crippen LogP contribution in [0.4, 0.5) is 4.39 Å². The monoisotopic (exact) mass is 239 g/mol. The van der Waals surface area contributed by atoms with E-state index in [4.69, 9.17) is 4.74 Å². The lowest BCUT2D eigenvalue weighted by Gasteiger charge is -2.05. The van der Waals surface area contributed by atoms with Gasteiger partial charge >= 0.3 is 0 Å². The van der Waals surface area contributed by atoms with Crippen molar-refractivity contribution in [3.8, 4) is 5.75 Å². The van der Waals surface area contributed by atoms with Crippen LogP contribution < -0.4 is 10.1 Å². The van der Waals surface area contributed by atoms with Crippen molar-refractivity contribution in [3.05, 3.63) is 29.6 Å². The number of hydrogen-bond acceptors (Lipinski definition) is 3. The third kappa shape index (κ3) is 4.53. The quantitative estimate of drug-likeness (QED) is 0.739. The summed E-state index contributed by atoms with van der Waals surface area (Å²) < 4.78 is 18.2. The molecule has 0 unspecified atom stereocenters. The standard InChI is InChI=1S/C13H18FNO2/c1-3-15-7-6-11(16)8-10-4-5-13(17-2)12(14)9-10/h4-5,9,15H,3,6-8H2,1-2H3. The number of benzene rings is 1. The fraction of sp³-hybridized carbons (Fsp3) is 0.462. The lowest BCUT2D eigenvalue weighted by Crippen LogP contribution is -2.18. The van der Waals surface area contributed by atoms with E-state index in [2.05, 4.69) is 5.32 Å². The fourth-order valence-corrected chi connectivity index (χ4v) is 1.54. The van der Waals surface area contributed by atoms with Crippen molar-refractivity contribution in [1.29, 1.82) is 0 Å². The minimum atomic E-state index is -0.426. The van der Waals surface area contributed by atoms with Crippen LogP contribution in [0.25, 0.3) is 0 Å². The molecule has 0 aliphatic heterocycles. The number of methoxy groups -OCH3 is 1. The molecule has 1 rings (SSSR count). The highest BCUT2D eigenvalue weighted by molar-refractivity contribution is 5.81. The van der Waals surface area contributed by atoms with E-state index in [1.165, 1.54) is 13.2 Å². The first kappa shape index (κ1) is 13.6. The highest BCUT2D eigenvalue weighted by Gasteiger charge is 2.07. The summed E-state index contributed by atoms with van der Waals surface area (Å²) in [6.07, 6.45) is 0.744. The lowest BCUT2D eigenvalue weighted by atomic mass is 10.1. The highest BCUT2D eigenvalue weighted by Crippen LogP contribution is 2.18. The summed E-state index contributed by atoms with van der Waals surface area (Å²) in [4.78, 5) is 11.6. The number of halogens is 1. The molecule has 0 radical (unpaired) electrons. The number of Topliss-reactive ketones (excluding diaryl/α,β-unsaturated/α-hetero) is 1. The van der Waals surface area contributed by atoms with Crippen molar-refractivity contribution in [2.45, 2.75) is 19.8 Å². The molecule has 0 saturated heterocycles. The number of hydrogen-bond donors (Lipinski definition) is 1. The molecule has 0 atom stereocenters. The van der Waals surface area contributed by atoms with Crippen molar-refractivity contribution in [2.24, 2.45) is 0 Å². The predicted octanol–water partition coefficient (Wildman–Crippen LogP) is 1.95. The van der Waals surface area contributed by atoms with E-state index in [9.17, 15) is 9.18 Å². The van der Waals surface area contributed by atoms with Crippen LogP contribution in [-0.2, 0) is 11.2 Å². The van der Waals surface area contributed by atoms with Gasteiger partial charge in [0, 0.05) is 19.4 Å². The van der Waals surface area contributed by atoms with Crippen molar-refractivity contribution in [1.82, 2.24) is 5.32 Å². The van der Waals surface area contributed by atoms with Gasteiger partial charge < -0.3 is 10.1 Å². The molecule has 3 nitrogen and oxygen atoms in total. The molecule has 94 valence electrons. The van der Waals surface area contributed by atoms with Gasteiger partial charge in [0.25, 0.3) is 0 Å². The van der Waals surface area contributed by atoms with Gasteiger partial charge in [-0.05, 0) is 24.2 Å². The van der Waals surface area contributed by atoms with Crippen LogP contribution in [0.2, 0.25) is 0 Å². The molecule has 0 aromatic heterocycles. The zero-order chi connectivity index (χ0) is 12.7. The summed E-state index contributed by atoms with van der Waals surface area (Å²) >= 11 is 0. The molecule has 1 aromatic carbocycles. The third-order valence-electron chi connectivity index (χ3n) is 2.45. The average Bonchev–Trinajstić information content (AvgIpc) is 2.29. The smallest absolute Gasteiger partial charge is 0.165 e. The molecule has 0 aliphatic rings. The van der Waals surface area contributed by atoms with Crippen molar-refractivity contribution >= 4 is 5.78 Å². The van der Waals surface area contributed by atoms with E-state index >= 15 is 0 Å². The lowest BCUT2D eigenvalue weighted by molar-refractivity contribution is -0.118. The maximum absolute atomic E-state index is 13.4. The Morgan fingerprint density at radius 2 is 2.24 bits per heavy atom. The van der Waals surface area contributed by atoms with Crippen LogP contribution in [0.5, 0.6) is 5.75 Å².